The van der Waals surface area contributed by atoms with E-state index in [9.17, 15) is 9.59 Å². The normalized spacial score (nSPS) is 10.6. The number of nitrogens with one attached hydrogen (secondary N) is 2. The van der Waals surface area contributed by atoms with E-state index < -0.39 is 0 Å². The molecule has 2 aromatic rings. The maximum atomic E-state index is 12.1. The molecule has 0 unspecified atom stereocenters. The monoisotopic (exact) mass is 284 g/mol. The van der Waals surface area contributed by atoms with Crippen molar-refractivity contribution in [1.29, 1.82) is 0 Å². The second-order valence-corrected chi connectivity index (χ2v) is 5.44. The van der Waals surface area contributed by atoms with Gasteiger partial charge in [0.1, 0.15) is 0 Å². The van der Waals surface area contributed by atoms with E-state index in [1.807, 2.05) is 30.3 Å². The van der Waals surface area contributed by atoms with Crippen LogP contribution in [0.5, 0.6) is 0 Å². The van der Waals surface area contributed by atoms with Gasteiger partial charge in [0.2, 0.25) is 0 Å². The molecular formula is C17H20N2O2. The van der Waals surface area contributed by atoms with Gasteiger partial charge in [-0.15, -0.1) is 0 Å². The van der Waals surface area contributed by atoms with Crippen LogP contribution in [0.2, 0.25) is 0 Å². The van der Waals surface area contributed by atoms with Gasteiger partial charge in [0.15, 0.2) is 0 Å². The number of rotatable bonds is 5. The number of benzene rings is 1. The largest absolute Gasteiger partial charge is 0.352 e. The standard InChI is InChI=1S/C17H20N2O2/c1-12(2)8-9-18-16(20)14-10-15(17(21)19-11-14)13-6-4-3-5-7-13/h3-7,10-12H,8-9H2,1-2H3,(H,18,20)(H,19,21). The first-order valence-electron chi connectivity index (χ1n) is 7.14. The van der Waals surface area contributed by atoms with Crippen LogP contribution in [0.15, 0.2) is 47.4 Å². The fourth-order valence-corrected chi connectivity index (χ4v) is 2.02. The summed E-state index contributed by atoms with van der Waals surface area (Å²) in [7, 11) is 0. The van der Waals surface area contributed by atoms with Crippen LogP contribution in [-0.4, -0.2) is 17.4 Å². The third-order valence-corrected chi connectivity index (χ3v) is 3.26. The average Bonchev–Trinajstić information content (AvgIpc) is 2.48. The smallest absolute Gasteiger partial charge is 0.255 e. The zero-order valence-corrected chi connectivity index (χ0v) is 12.3. The molecule has 1 amide bonds. The molecule has 0 radical (unpaired) electrons. The highest BCUT2D eigenvalue weighted by Gasteiger charge is 2.10. The molecule has 0 atom stereocenters. The minimum absolute atomic E-state index is 0.163. The van der Waals surface area contributed by atoms with Crippen LogP contribution in [0.25, 0.3) is 11.1 Å². The summed E-state index contributed by atoms with van der Waals surface area (Å²) < 4.78 is 0. The third-order valence-electron chi connectivity index (χ3n) is 3.26. The van der Waals surface area contributed by atoms with Crippen molar-refractivity contribution in [1.82, 2.24) is 10.3 Å². The molecule has 1 aromatic heterocycles. The summed E-state index contributed by atoms with van der Waals surface area (Å²) in [5, 5.41) is 2.87. The van der Waals surface area contributed by atoms with Gasteiger partial charge in [-0.1, -0.05) is 44.2 Å². The van der Waals surface area contributed by atoms with E-state index in [0.717, 1.165) is 12.0 Å². The van der Waals surface area contributed by atoms with E-state index >= 15 is 0 Å². The average molecular weight is 284 g/mol. The Morgan fingerprint density at radius 2 is 1.95 bits per heavy atom. The van der Waals surface area contributed by atoms with Gasteiger partial charge < -0.3 is 10.3 Å². The third kappa shape index (κ3) is 4.05. The molecule has 0 aliphatic rings. The SMILES string of the molecule is CC(C)CCNC(=O)c1c[nH]c(=O)c(-c2ccccc2)c1. The van der Waals surface area contributed by atoms with E-state index in [1.165, 1.54) is 6.20 Å². The molecule has 0 saturated heterocycles. The van der Waals surface area contributed by atoms with Crippen molar-refractivity contribution in [2.75, 3.05) is 6.54 Å². The number of pyridine rings is 1. The highest BCUT2D eigenvalue weighted by atomic mass is 16.1. The highest BCUT2D eigenvalue weighted by molar-refractivity contribution is 5.95. The number of aromatic nitrogens is 1. The van der Waals surface area contributed by atoms with E-state index in [0.29, 0.717) is 23.6 Å². The molecule has 2 rings (SSSR count). The quantitative estimate of drug-likeness (QED) is 0.887. The summed E-state index contributed by atoms with van der Waals surface area (Å²) in [6.45, 7) is 4.86. The fourth-order valence-electron chi connectivity index (χ4n) is 2.02. The van der Waals surface area contributed by atoms with Crippen LogP contribution >= 0.6 is 0 Å². The second kappa shape index (κ2) is 6.88. The van der Waals surface area contributed by atoms with E-state index in [4.69, 9.17) is 0 Å². The molecule has 110 valence electrons. The highest BCUT2D eigenvalue weighted by Crippen LogP contribution is 2.15. The molecule has 0 aliphatic heterocycles. The topological polar surface area (TPSA) is 62.0 Å². The number of hydrogen-bond donors (Lipinski definition) is 2. The Balaban J connectivity index is 2.19. The minimum atomic E-state index is -0.195. The molecule has 0 bridgehead atoms. The lowest BCUT2D eigenvalue weighted by Crippen LogP contribution is -2.26. The number of hydrogen-bond acceptors (Lipinski definition) is 2. The number of carbonyl (C=O) groups excluding carboxylic acids is 1. The summed E-state index contributed by atoms with van der Waals surface area (Å²) in [5.74, 6) is 0.379. The van der Waals surface area contributed by atoms with Crippen LogP contribution in [-0.2, 0) is 0 Å². The molecule has 2 N–H and O–H groups in total. The summed E-state index contributed by atoms with van der Waals surface area (Å²) in [6.07, 6.45) is 2.39. The Kier molecular flexibility index (Phi) is 4.93. The maximum absolute atomic E-state index is 12.1. The number of amides is 1. The fraction of sp³-hybridized carbons (Fsp3) is 0.294. The van der Waals surface area contributed by atoms with Crippen LogP contribution in [0.3, 0.4) is 0 Å². The van der Waals surface area contributed by atoms with Crippen LogP contribution in [0.4, 0.5) is 0 Å². The van der Waals surface area contributed by atoms with Crippen molar-refractivity contribution in [2.24, 2.45) is 5.92 Å². The van der Waals surface area contributed by atoms with Crippen molar-refractivity contribution in [3.05, 3.63) is 58.5 Å². The van der Waals surface area contributed by atoms with Gasteiger partial charge in [-0.3, -0.25) is 9.59 Å². The van der Waals surface area contributed by atoms with E-state index in [2.05, 4.69) is 24.1 Å². The first-order valence-corrected chi connectivity index (χ1v) is 7.14. The summed E-state index contributed by atoms with van der Waals surface area (Å²) in [4.78, 5) is 26.6. The molecule has 0 aliphatic carbocycles. The van der Waals surface area contributed by atoms with Crippen molar-refractivity contribution in [3.63, 3.8) is 0 Å². The summed E-state index contributed by atoms with van der Waals surface area (Å²) >= 11 is 0. The molecule has 0 spiro atoms. The van der Waals surface area contributed by atoms with Gasteiger partial charge >= 0.3 is 0 Å². The van der Waals surface area contributed by atoms with Gasteiger partial charge in [0.05, 0.1) is 5.56 Å². The van der Waals surface area contributed by atoms with Crippen LogP contribution in [0, 0.1) is 5.92 Å². The Hall–Kier alpha value is -2.36. The molecule has 4 heteroatoms. The second-order valence-electron chi connectivity index (χ2n) is 5.44. The lowest BCUT2D eigenvalue weighted by molar-refractivity contribution is 0.0951. The Morgan fingerprint density at radius 1 is 1.24 bits per heavy atom. The van der Waals surface area contributed by atoms with Gasteiger partial charge in [0, 0.05) is 18.3 Å². The van der Waals surface area contributed by atoms with Gasteiger partial charge in [-0.25, -0.2) is 0 Å². The van der Waals surface area contributed by atoms with Gasteiger partial charge in [-0.05, 0) is 24.0 Å². The Labute approximate surface area is 124 Å². The minimum Gasteiger partial charge on any atom is -0.352 e. The predicted molar refractivity (Wildman–Crippen MR) is 84.3 cm³/mol. The molecule has 1 aromatic carbocycles. The van der Waals surface area contributed by atoms with Gasteiger partial charge in [0.25, 0.3) is 11.5 Å². The molecule has 0 saturated carbocycles. The van der Waals surface area contributed by atoms with Crippen LogP contribution in [0.1, 0.15) is 30.6 Å². The molecule has 1 heterocycles. The summed E-state index contributed by atoms with van der Waals surface area (Å²) in [6, 6.07) is 11.0. The zero-order valence-electron chi connectivity index (χ0n) is 12.3. The van der Waals surface area contributed by atoms with Crippen molar-refractivity contribution in [2.45, 2.75) is 20.3 Å². The summed E-state index contributed by atoms with van der Waals surface area (Å²) in [5.41, 5.74) is 1.58. The Morgan fingerprint density at radius 3 is 2.62 bits per heavy atom. The van der Waals surface area contributed by atoms with Crippen molar-refractivity contribution in [3.8, 4) is 11.1 Å². The first-order chi connectivity index (χ1) is 10.1. The lowest BCUT2D eigenvalue weighted by atomic mass is 10.1. The molecular weight excluding hydrogens is 264 g/mol. The number of aromatic amines is 1. The van der Waals surface area contributed by atoms with Crippen molar-refractivity contribution >= 4 is 5.91 Å². The van der Waals surface area contributed by atoms with E-state index in [-0.39, 0.29) is 11.5 Å². The molecule has 4 nitrogen and oxygen atoms in total. The first kappa shape index (κ1) is 15.0. The number of carbonyl (C=O) groups is 1. The van der Waals surface area contributed by atoms with Crippen molar-refractivity contribution < 1.29 is 4.79 Å². The van der Waals surface area contributed by atoms with Gasteiger partial charge in [-0.2, -0.15) is 0 Å². The Bertz CT molecular complexity index is 660. The predicted octanol–water partition coefficient (Wildman–Crippen LogP) is 2.82. The molecule has 0 fully saturated rings. The van der Waals surface area contributed by atoms with Crippen LogP contribution < -0.4 is 10.9 Å². The van der Waals surface area contributed by atoms with E-state index in [1.54, 1.807) is 6.07 Å². The number of H-pyrrole nitrogens is 1. The zero-order chi connectivity index (χ0) is 15.2. The maximum Gasteiger partial charge on any atom is 0.255 e. The lowest BCUT2D eigenvalue weighted by Gasteiger charge is -2.08. The molecule has 21 heavy (non-hydrogen) atoms.